The van der Waals surface area contributed by atoms with Crippen LogP contribution < -0.4 is 4.43 Å². The Morgan fingerprint density at radius 2 is 1.45 bits per heavy atom. The molecule has 2 atom stereocenters. The number of nitrogens with zero attached hydrogens (tertiary/aromatic N) is 1. The number of hydrogen-bond donors (Lipinski definition) is 1. The minimum atomic E-state index is -1.87. The lowest BCUT2D eigenvalue weighted by atomic mass is 9.97. The molecule has 0 bridgehead atoms. The molecule has 0 fully saturated rings. The Morgan fingerprint density at radius 3 is 2.02 bits per heavy atom. The molecule has 0 spiro atoms. The zero-order chi connectivity index (χ0) is 30.2. The van der Waals surface area contributed by atoms with Crippen LogP contribution in [0.3, 0.4) is 0 Å². The van der Waals surface area contributed by atoms with Crippen molar-refractivity contribution >= 4 is 8.32 Å². The van der Waals surface area contributed by atoms with Gasteiger partial charge in [-0.3, -0.25) is 4.90 Å². The van der Waals surface area contributed by atoms with Gasteiger partial charge in [-0.25, -0.2) is 0 Å². The number of ether oxygens (including phenoxy) is 1. The van der Waals surface area contributed by atoms with Gasteiger partial charge in [-0.2, -0.15) is 0 Å². The molecule has 42 heavy (non-hydrogen) atoms. The van der Waals surface area contributed by atoms with E-state index in [2.05, 4.69) is 113 Å². The lowest BCUT2D eigenvalue weighted by Crippen LogP contribution is -2.43. The number of aliphatic hydroxyl groups is 1. The van der Waals surface area contributed by atoms with Crippen molar-refractivity contribution in [2.75, 3.05) is 6.54 Å². The van der Waals surface area contributed by atoms with E-state index in [1.54, 1.807) is 0 Å². The third-order valence-electron chi connectivity index (χ3n) is 8.57. The van der Waals surface area contributed by atoms with Crippen LogP contribution in [0, 0.1) is 6.42 Å². The third kappa shape index (κ3) is 9.19. The average molecular weight is 583 g/mol. The first kappa shape index (κ1) is 31.8. The SMILES string of the molecule is C[C@H](Cc1ccc(O[Si](C)(C)C(C)(C)C)cc1)N(Cc1ccccc1)C[C@@H](O)C1=CC=C(OCc2ccccc2)[CH]C1. The first-order chi connectivity index (χ1) is 20.0. The predicted octanol–water partition coefficient (Wildman–Crippen LogP) is 8.50. The van der Waals surface area contributed by atoms with Gasteiger partial charge in [0.1, 0.15) is 18.1 Å². The first-order valence-electron chi connectivity index (χ1n) is 15.1. The van der Waals surface area contributed by atoms with E-state index in [1.165, 1.54) is 11.1 Å². The summed E-state index contributed by atoms with van der Waals surface area (Å²) in [6, 6.07) is 29.6. The van der Waals surface area contributed by atoms with Crippen molar-refractivity contribution in [1.29, 1.82) is 0 Å². The van der Waals surface area contributed by atoms with Crippen molar-refractivity contribution in [2.45, 2.75) is 84.0 Å². The van der Waals surface area contributed by atoms with E-state index in [0.717, 1.165) is 35.6 Å². The van der Waals surface area contributed by atoms with Gasteiger partial charge in [-0.05, 0) is 78.4 Å². The highest BCUT2D eigenvalue weighted by Gasteiger charge is 2.39. The normalized spacial score (nSPS) is 15.5. The summed E-state index contributed by atoms with van der Waals surface area (Å²) in [7, 11) is -1.87. The summed E-state index contributed by atoms with van der Waals surface area (Å²) in [5.74, 6) is 1.81. The molecule has 223 valence electrons. The molecule has 0 amide bonds. The molecular weight excluding hydrogens is 534 g/mol. The summed E-state index contributed by atoms with van der Waals surface area (Å²) in [4.78, 5) is 2.39. The van der Waals surface area contributed by atoms with E-state index in [9.17, 15) is 5.11 Å². The Hall–Kier alpha value is -3.12. The Morgan fingerprint density at radius 1 is 0.833 bits per heavy atom. The maximum absolute atomic E-state index is 11.3. The van der Waals surface area contributed by atoms with Crippen LogP contribution in [-0.2, 0) is 24.3 Å². The molecule has 1 N–H and O–H groups in total. The summed E-state index contributed by atoms with van der Waals surface area (Å²) >= 11 is 0. The van der Waals surface area contributed by atoms with Crippen molar-refractivity contribution in [2.24, 2.45) is 0 Å². The first-order valence-corrected chi connectivity index (χ1v) is 18.1. The van der Waals surface area contributed by atoms with Crippen molar-refractivity contribution in [1.82, 2.24) is 4.90 Å². The van der Waals surface area contributed by atoms with Gasteiger partial charge in [-0.15, -0.1) is 0 Å². The number of benzene rings is 3. The second-order valence-corrected chi connectivity index (χ2v) is 17.7. The fourth-order valence-corrected chi connectivity index (χ4v) is 5.84. The summed E-state index contributed by atoms with van der Waals surface area (Å²) in [5.41, 5.74) is 4.67. The van der Waals surface area contributed by atoms with Gasteiger partial charge in [0.2, 0.25) is 8.32 Å². The standard InChI is InChI=1S/C37H48NO3Si/c1-29(25-30-17-21-35(22-18-30)41-42(5,6)37(2,3)4)38(26-31-13-9-7-10-14-31)27-36(39)33-19-23-34(24-20-33)40-28-32-15-11-8-12-16-32/h7-19,21-24,29,36,39H,20,25-28H2,1-6H3/t29-,36-/m1/s1. The maximum atomic E-state index is 11.3. The van der Waals surface area contributed by atoms with Crippen LogP contribution in [0.4, 0.5) is 0 Å². The largest absolute Gasteiger partial charge is 0.544 e. The summed E-state index contributed by atoms with van der Waals surface area (Å²) in [6.45, 7) is 15.5. The molecule has 0 saturated heterocycles. The topological polar surface area (TPSA) is 41.9 Å². The van der Waals surface area contributed by atoms with Gasteiger partial charge in [0.05, 0.1) is 6.10 Å². The van der Waals surface area contributed by atoms with Crippen LogP contribution in [-0.4, -0.2) is 37.0 Å². The molecule has 1 radical (unpaired) electrons. The molecule has 0 aromatic heterocycles. The molecule has 0 unspecified atom stereocenters. The molecule has 0 saturated carbocycles. The lowest BCUT2D eigenvalue weighted by Gasteiger charge is -2.36. The molecular formula is C37H48NO3Si. The van der Waals surface area contributed by atoms with Gasteiger partial charge < -0.3 is 14.3 Å². The number of rotatable bonds is 13. The highest BCUT2D eigenvalue weighted by atomic mass is 28.4. The lowest BCUT2D eigenvalue weighted by molar-refractivity contribution is 0.105. The molecule has 4 rings (SSSR count). The number of hydrogen-bond acceptors (Lipinski definition) is 4. The quantitative estimate of drug-likeness (QED) is 0.205. The Bertz CT molecular complexity index is 1310. The molecule has 1 aliphatic carbocycles. The van der Waals surface area contributed by atoms with Crippen molar-refractivity contribution in [3.8, 4) is 5.75 Å². The van der Waals surface area contributed by atoms with E-state index < -0.39 is 14.4 Å². The summed E-state index contributed by atoms with van der Waals surface area (Å²) in [5, 5.41) is 11.5. The molecule has 1 aliphatic rings. The Labute approximate surface area is 254 Å². The fourth-order valence-electron chi connectivity index (χ4n) is 4.81. The van der Waals surface area contributed by atoms with Crippen LogP contribution in [0.25, 0.3) is 0 Å². The average Bonchev–Trinajstić information content (AvgIpc) is 2.97. The van der Waals surface area contributed by atoms with Gasteiger partial charge >= 0.3 is 0 Å². The predicted molar refractivity (Wildman–Crippen MR) is 177 cm³/mol. The van der Waals surface area contributed by atoms with Gasteiger partial charge in [0.25, 0.3) is 0 Å². The molecule has 5 heteroatoms. The Kier molecular flexibility index (Phi) is 10.9. The zero-order valence-corrected chi connectivity index (χ0v) is 27.2. The van der Waals surface area contributed by atoms with Crippen LogP contribution in [0.1, 0.15) is 50.8 Å². The summed E-state index contributed by atoms with van der Waals surface area (Å²) in [6.07, 6.45) is 7.09. The molecule has 3 aromatic rings. The van der Waals surface area contributed by atoms with E-state index in [1.807, 2.05) is 36.4 Å². The minimum absolute atomic E-state index is 0.164. The van der Waals surface area contributed by atoms with E-state index in [4.69, 9.17) is 9.16 Å². The monoisotopic (exact) mass is 582 g/mol. The molecule has 3 aromatic carbocycles. The second-order valence-electron chi connectivity index (χ2n) is 13.0. The van der Waals surface area contributed by atoms with Crippen LogP contribution in [0.15, 0.2) is 108 Å². The Balaban J connectivity index is 1.40. The van der Waals surface area contributed by atoms with E-state index in [0.29, 0.717) is 19.6 Å². The highest BCUT2D eigenvalue weighted by molar-refractivity contribution is 6.74. The van der Waals surface area contributed by atoms with Crippen LogP contribution in [0.5, 0.6) is 5.75 Å². The highest BCUT2D eigenvalue weighted by Crippen LogP contribution is 2.37. The third-order valence-corrected chi connectivity index (χ3v) is 12.9. The second kappa shape index (κ2) is 14.4. The van der Waals surface area contributed by atoms with Crippen molar-refractivity contribution in [3.05, 3.63) is 132 Å². The van der Waals surface area contributed by atoms with Gasteiger partial charge in [-0.1, -0.05) is 99.6 Å². The smallest absolute Gasteiger partial charge is 0.250 e. The molecule has 0 heterocycles. The van der Waals surface area contributed by atoms with Crippen molar-refractivity contribution < 1.29 is 14.3 Å². The molecule has 0 aliphatic heterocycles. The molecule has 4 nitrogen and oxygen atoms in total. The van der Waals surface area contributed by atoms with Crippen LogP contribution >= 0.6 is 0 Å². The minimum Gasteiger partial charge on any atom is -0.544 e. The van der Waals surface area contributed by atoms with E-state index >= 15 is 0 Å². The maximum Gasteiger partial charge on any atom is 0.250 e. The van der Waals surface area contributed by atoms with Gasteiger partial charge in [0.15, 0.2) is 0 Å². The number of aliphatic hydroxyl groups excluding tert-OH is 1. The van der Waals surface area contributed by atoms with E-state index in [-0.39, 0.29) is 11.1 Å². The van der Waals surface area contributed by atoms with Crippen molar-refractivity contribution in [3.63, 3.8) is 0 Å². The fraction of sp³-hybridized carbons (Fsp3) is 0.378. The van der Waals surface area contributed by atoms with Crippen LogP contribution in [0.2, 0.25) is 18.1 Å². The van der Waals surface area contributed by atoms with Gasteiger partial charge in [0, 0.05) is 25.6 Å². The number of allylic oxidation sites excluding steroid dienone is 3. The summed E-state index contributed by atoms with van der Waals surface area (Å²) < 4.78 is 12.5. The zero-order valence-electron chi connectivity index (χ0n) is 26.2.